The van der Waals surface area contributed by atoms with Gasteiger partial charge in [0, 0.05) is 17.2 Å². The number of aromatic nitrogens is 2. The second kappa shape index (κ2) is 7.27. The zero-order chi connectivity index (χ0) is 21.5. The minimum Gasteiger partial charge on any atom is -0.372 e. The molecule has 5 aromatic rings. The van der Waals surface area contributed by atoms with Crippen molar-refractivity contribution in [1.82, 2.24) is 9.97 Å². The number of hydrogen-bond acceptors (Lipinski definition) is 4. The summed E-state index contributed by atoms with van der Waals surface area (Å²) in [5, 5.41) is 6.01. The van der Waals surface area contributed by atoms with Crippen molar-refractivity contribution in [3.05, 3.63) is 108 Å². The van der Waals surface area contributed by atoms with Crippen LogP contribution >= 0.6 is 0 Å². The fourth-order valence-electron chi connectivity index (χ4n) is 4.44. The zero-order valence-electron chi connectivity index (χ0n) is 17.8. The minimum absolute atomic E-state index is 0.442. The zero-order valence-corrected chi connectivity index (χ0v) is 17.8. The highest BCUT2D eigenvalue weighted by molar-refractivity contribution is 6.04. The van der Waals surface area contributed by atoms with Gasteiger partial charge in [0.15, 0.2) is 0 Å². The van der Waals surface area contributed by atoms with Gasteiger partial charge in [0.2, 0.25) is 0 Å². The average Bonchev–Trinajstić information content (AvgIpc) is 3.00. The summed E-state index contributed by atoms with van der Waals surface area (Å²) in [6.45, 7) is 2.20. The number of rotatable bonds is 2. The van der Waals surface area contributed by atoms with Crippen molar-refractivity contribution in [2.24, 2.45) is 4.99 Å². The molecule has 1 aliphatic heterocycles. The highest BCUT2D eigenvalue weighted by atomic mass is 15.0. The molecule has 4 nitrogen and oxygen atoms in total. The molecule has 3 heterocycles. The molecule has 3 aromatic carbocycles. The molecule has 0 saturated heterocycles. The first-order chi connectivity index (χ1) is 15.7. The van der Waals surface area contributed by atoms with Crippen molar-refractivity contribution in [3.63, 3.8) is 0 Å². The van der Waals surface area contributed by atoms with E-state index in [1.165, 1.54) is 0 Å². The lowest BCUT2D eigenvalue weighted by Crippen LogP contribution is -2.35. The molecule has 1 atom stereocenters. The number of benzene rings is 3. The predicted molar refractivity (Wildman–Crippen MR) is 132 cm³/mol. The molecule has 4 heteroatoms. The van der Waals surface area contributed by atoms with Crippen LogP contribution in [0.5, 0.6) is 0 Å². The maximum absolute atomic E-state index is 5.06. The third kappa shape index (κ3) is 3.21. The maximum Gasteiger partial charge on any atom is 0.0865 e. The Kier molecular flexibility index (Phi) is 4.25. The van der Waals surface area contributed by atoms with Gasteiger partial charge < -0.3 is 5.32 Å². The molecule has 0 saturated carbocycles. The second-order valence-electron chi connectivity index (χ2n) is 8.49. The topological polar surface area (TPSA) is 50.2 Å². The van der Waals surface area contributed by atoms with Gasteiger partial charge in [-0.3, -0.25) is 4.98 Å². The maximum atomic E-state index is 5.06. The van der Waals surface area contributed by atoms with E-state index < -0.39 is 5.54 Å². The first-order valence-corrected chi connectivity index (χ1v) is 10.9. The van der Waals surface area contributed by atoms with Crippen molar-refractivity contribution in [1.29, 1.82) is 0 Å². The monoisotopic (exact) mass is 414 g/mol. The molecule has 1 unspecified atom stereocenters. The van der Waals surface area contributed by atoms with Crippen LogP contribution < -0.4 is 5.32 Å². The summed E-state index contributed by atoms with van der Waals surface area (Å²) >= 11 is 0. The Hall–Kier alpha value is -4.05. The second-order valence-corrected chi connectivity index (χ2v) is 8.49. The van der Waals surface area contributed by atoms with E-state index in [2.05, 4.69) is 60.8 Å². The third-order valence-corrected chi connectivity index (χ3v) is 6.15. The molecule has 1 N–H and O–H groups in total. The number of para-hydroxylation sites is 4. The van der Waals surface area contributed by atoms with Crippen LogP contribution in [-0.2, 0) is 5.54 Å². The van der Waals surface area contributed by atoms with Crippen molar-refractivity contribution in [2.75, 3.05) is 5.32 Å². The van der Waals surface area contributed by atoms with E-state index in [4.69, 9.17) is 15.0 Å². The van der Waals surface area contributed by atoms with Gasteiger partial charge >= 0.3 is 0 Å². The molecule has 32 heavy (non-hydrogen) atoms. The van der Waals surface area contributed by atoms with Crippen molar-refractivity contribution >= 4 is 38.9 Å². The van der Waals surface area contributed by atoms with E-state index >= 15 is 0 Å². The molecular formula is C28H22N4. The van der Waals surface area contributed by atoms with E-state index in [0.717, 1.165) is 50.3 Å². The van der Waals surface area contributed by atoms with Gasteiger partial charge in [-0.15, -0.1) is 0 Å². The Morgan fingerprint density at radius 1 is 0.688 bits per heavy atom. The lowest BCUT2D eigenvalue weighted by molar-refractivity contribution is 0.553. The van der Waals surface area contributed by atoms with E-state index in [1.54, 1.807) is 0 Å². The summed E-state index contributed by atoms with van der Waals surface area (Å²) in [5.41, 5.74) is 6.28. The fourth-order valence-corrected chi connectivity index (χ4v) is 4.44. The van der Waals surface area contributed by atoms with Crippen LogP contribution in [0.2, 0.25) is 0 Å². The summed E-state index contributed by atoms with van der Waals surface area (Å²) in [5.74, 6) is 0. The number of nitrogens with one attached hydrogen (secondary N) is 1. The van der Waals surface area contributed by atoms with Crippen LogP contribution in [0.1, 0.15) is 24.7 Å². The molecule has 2 aromatic heterocycles. The van der Waals surface area contributed by atoms with E-state index in [0.29, 0.717) is 6.42 Å². The Morgan fingerprint density at radius 2 is 1.34 bits per heavy atom. The van der Waals surface area contributed by atoms with Crippen molar-refractivity contribution in [2.45, 2.75) is 18.9 Å². The summed E-state index contributed by atoms with van der Waals surface area (Å²) in [4.78, 5) is 15.0. The van der Waals surface area contributed by atoms with E-state index in [-0.39, 0.29) is 0 Å². The lowest BCUT2D eigenvalue weighted by atomic mass is 9.88. The average molecular weight is 415 g/mol. The molecule has 0 amide bonds. The standard InChI is InChI=1S/C28H22N4/c1-28(27-17-15-20-9-3-5-11-22(20)31-27)18-26(30-23-12-6-7-13-25(23)32-28)24-16-14-19-8-2-4-10-21(19)29-24/h2-17,32H,18H2,1H3. The molecule has 0 spiro atoms. The molecule has 0 aliphatic carbocycles. The first kappa shape index (κ1) is 18.7. The van der Waals surface area contributed by atoms with Crippen LogP contribution in [0.4, 0.5) is 11.4 Å². The number of nitrogens with zero attached hydrogens (tertiary/aromatic N) is 3. The van der Waals surface area contributed by atoms with Crippen LogP contribution in [0.3, 0.4) is 0 Å². The number of aliphatic imine (C=N–C) groups is 1. The van der Waals surface area contributed by atoms with Gasteiger partial charge in [-0.2, -0.15) is 0 Å². The summed E-state index contributed by atoms with van der Waals surface area (Å²) in [6, 6.07) is 33.1. The summed E-state index contributed by atoms with van der Waals surface area (Å²) < 4.78 is 0. The third-order valence-electron chi connectivity index (χ3n) is 6.15. The van der Waals surface area contributed by atoms with Crippen molar-refractivity contribution in [3.8, 4) is 0 Å². The van der Waals surface area contributed by atoms with E-state index in [9.17, 15) is 0 Å². The first-order valence-electron chi connectivity index (χ1n) is 10.9. The largest absolute Gasteiger partial charge is 0.372 e. The SMILES string of the molecule is CC1(c2ccc3ccccc3n2)CC(c2ccc3ccccc3n2)=Nc2ccccc2N1. The number of anilines is 1. The smallest absolute Gasteiger partial charge is 0.0865 e. The molecule has 1 aliphatic rings. The highest BCUT2D eigenvalue weighted by Gasteiger charge is 2.34. The number of pyridine rings is 2. The molecule has 0 fully saturated rings. The normalized spacial score (nSPS) is 18.0. The van der Waals surface area contributed by atoms with Gasteiger partial charge in [0.25, 0.3) is 0 Å². The molecular weight excluding hydrogens is 392 g/mol. The Bertz CT molecular complexity index is 1500. The quantitative estimate of drug-likeness (QED) is 0.352. The minimum atomic E-state index is -0.442. The van der Waals surface area contributed by atoms with E-state index in [1.807, 2.05) is 48.5 Å². The van der Waals surface area contributed by atoms with Crippen LogP contribution in [0.15, 0.2) is 102 Å². The predicted octanol–water partition coefficient (Wildman–Crippen LogP) is 6.63. The number of hydrogen-bond donors (Lipinski definition) is 1. The molecule has 154 valence electrons. The summed E-state index contributed by atoms with van der Waals surface area (Å²) in [6.07, 6.45) is 0.665. The van der Waals surface area contributed by atoms with Crippen LogP contribution in [-0.4, -0.2) is 15.7 Å². The van der Waals surface area contributed by atoms with Gasteiger partial charge in [0.1, 0.15) is 0 Å². The van der Waals surface area contributed by atoms with Crippen LogP contribution in [0, 0.1) is 0 Å². The fraction of sp³-hybridized carbons (Fsp3) is 0.107. The van der Waals surface area contributed by atoms with Gasteiger partial charge in [-0.25, -0.2) is 9.98 Å². The van der Waals surface area contributed by atoms with Crippen molar-refractivity contribution < 1.29 is 0 Å². The molecule has 0 radical (unpaired) electrons. The number of fused-ring (bicyclic) bond motifs is 3. The Balaban J connectivity index is 1.51. The lowest BCUT2D eigenvalue weighted by Gasteiger charge is -2.31. The molecule has 0 bridgehead atoms. The van der Waals surface area contributed by atoms with Gasteiger partial charge in [-0.1, -0.05) is 60.7 Å². The molecule has 6 rings (SSSR count). The Labute approximate surface area is 186 Å². The van der Waals surface area contributed by atoms with Gasteiger partial charge in [0.05, 0.1) is 45.0 Å². The van der Waals surface area contributed by atoms with Crippen LogP contribution in [0.25, 0.3) is 21.8 Å². The van der Waals surface area contributed by atoms with Gasteiger partial charge in [-0.05, 0) is 43.3 Å². The highest BCUT2D eigenvalue weighted by Crippen LogP contribution is 2.38. The summed E-state index contributed by atoms with van der Waals surface area (Å²) in [7, 11) is 0. The Morgan fingerprint density at radius 3 is 2.16 bits per heavy atom.